The van der Waals surface area contributed by atoms with Crippen molar-refractivity contribution in [2.45, 2.75) is 45.3 Å². The third-order valence-corrected chi connectivity index (χ3v) is 6.06. The van der Waals surface area contributed by atoms with E-state index in [9.17, 15) is 9.59 Å². The van der Waals surface area contributed by atoms with Gasteiger partial charge >= 0.3 is 6.09 Å². The lowest BCUT2D eigenvalue weighted by Gasteiger charge is -2.33. The molecule has 0 radical (unpaired) electrons. The highest BCUT2D eigenvalue weighted by Crippen LogP contribution is 2.28. The van der Waals surface area contributed by atoms with Gasteiger partial charge in [0.05, 0.1) is 7.11 Å². The van der Waals surface area contributed by atoms with Crippen LogP contribution in [0.3, 0.4) is 0 Å². The molecule has 3 aromatic carbocycles. The zero-order valence-electron chi connectivity index (χ0n) is 21.8. The molecular formula is C30H34N2O5. The Morgan fingerprint density at radius 2 is 1.59 bits per heavy atom. The second-order valence-corrected chi connectivity index (χ2v) is 10.0. The Hall–Kier alpha value is -4.00. The standard InChI is InChI=1S/C30H34N2O5/c1-30(2,3)37-29(34)32-18-16-24(17-19-32)36-25-9-7-8-22(20-25)31-28(33)27-11-6-5-10-26(27)21-12-14-23(35-4)15-13-21/h5-15,20,24H,16-19H2,1-4H3,(H,31,33). The van der Waals surface area contributed by atoms with Gasteiger partial charge in [-0.2, -0.15) is 0 Å². The fourth-order valence-corrected chi connectivity index (χ4v) is 4.22. The molecule has 4 rings (SSSR count). The van der Waals surface area contributed by atoms with Gasteiger partial charge in [0.15, 0.2) is 0 Å². The maximum Gasteiger partial charge on any atom is 0.410 e. The van der Waals surface area contributed by atoms with Crippen molar-refractivity contribution in [3.8, 4) is 22.6 Å². The number of hydrogen-bond acceptors (Lipinski definition) is 5. The summed E-state index contributed by atoms with van der Waals surface area (Å²) in [5, 5.41) is 3.00. The summed E-state index contributed by atoms with van der Waals surface area (Å²) in [6.45, 7) is 6.76. The van der Waals surface area contributed by atoms with Crippen LogP contribution in [-0.4, -0.2) is 48.8 Å². The van der Waals surface area contributed by atoms with Gasteiger partial charge in [-0.05, 0) is 62.2 Å². The first-order valence-corrected chi connectivity index (χ1v) is 12.5. The Morgan fingerprint density at radius 3 is 2.27 bits per heavy atom. The molecule has 0 unspecified atom stereocenters. The zero-order valence-corrected chi connectivity index (χ0v) is 21.8. The molecule has 0 aliphatic carbocycles. The number of amides is 2. The van der Waals surface area contributed by atoms with Gasteiger partial charge in [0.2, 0.25) is 0 Å². The SMILES string of the molecule is COc1ccc(-c2ccccc2C(=O)Nc2cccc(OC3CCN(C(=O)OC(C)(C)C)CC3)c2)cc1. The molecule has 0 bridgehead atoms. The number of methoxy groups -OCH3 is 1. The van der Waals surface area contributed by atoms with Crippen molar-refractivity contribution >= 4 is 17.7 Å². The van der Waals surface area contributed by atoms with Crippen LogP contribution in [0, 0.1) is 0 Å². The predicted octanol–water partition coefficient (Wildman–Crippen LogP) is 6.39. The molecule has 37 heavy (non-hydrogen) atoms. The molecule has 1 N–H and O–H groups in total. The summed E-state index contributed by atoms with van der Waals surface area (Å²) in [6.07, 6.45) is 1.13. The fraction of sp³-hybridized carbons (Fsp3) is 0.333. The molecule has 1 aliphatic rings. The van der Waals surface area contributed by atoms with Crippen LogP contribution in [0.1, 0.15) is 44.0 Å². The van der Waals surface area contributed by atoms with Crippen LogP contribution in [0.15, 0.2) is 72.8 Å². The van der Waals surface area contributed by atoms with Crippen LogP contribution in [0.4, 0.5) is 10.5 Å². The molecule has 1 aliphatic heterocycles. The van der Waals surface area contributed by atoms with Crippen molar-refractivity contribution in [3.05, 3.63) is 78.4 Å². The largest absolute Gasteiger partial charge is 0.497 e. The van der Waals surface area contributed by atoms with Crippen molar-refractivity contribution in [3.63, 3.8) is 0 Å². The lowest BCUT2D eigenvalue weighted by Crippen LogP contribution is -2.44. The molecule has 0 saturated carbocycles. The van der Waals surface area contributed by atoms with Crippen LogP contribution in [-0.2, 0) is 4.74 Å². The van der Waals surface area contributed by atoms with Gasteiger partial charge in [0, 0.05) is 43.2 Å². The van der Waals surface area contributed by atoms with Crippen molar-refractivity contribution in [2.24, 2.45) is 0 Å². The van der Waals surface area contributed by atoms with Gasteiger partial charge in [-0.1, -0.05) is 36.4 Å². The summed E-state index contributed by atoms with van der Waals surface area (Å²) in [5.41, 5.74) is 2.49. The smallest absolute Gasteiger partial charge is 0.410 e. The number of rotatable bonds is 6. The van der Waals surface area contributed by atoms with Gasteiger partial charge in [-0.15, -0.1) is 0 Å². The maximum absolute atomic E-state index is 13.2. The first-order valence-electron chi connectivity index (χ1n) is 12.5. The molecule has 2 amide bonds. The Morgan fingerprint density at radius 1 is 0.892 bits per heavy atom. The number of carbonyl (C=O) groups is 2. The van der Waals surface area contributed by atoms with E-state index in [1.54, 1.807) is 12.0 Å². The topological polar surface area (TPSA) is 77.1 Å². The number of nitrogens with one attached hydrogen (secondary N) is 1. The van der Waals surface area contributed by atoms with E-state index in [1.807, 2.05) is 93.6 Å². The van der Waals surface area contributed by atoms with Crippen LogP contribution in [0.25, 0.3) is 11.1 Å². The molecule has 194 valence electrons. The van der Waals surface area contributed by atoms with Crippen molar-refractivity contribution in [1.82, 2.24) is 4.90 Å². The van der Waals surface area contributed by atoms with Gasteiger partial charge < -0.3 is 24.4 Å². The van der Waals surface area contributed by atoms with E-state index in [0.717, 1.165) is 16.9 Å². The minimum Gasteiger partial charge on any atom is -0.497 e. The van der Waals surface area contributed by atoms with Crippen molar-refractivity contribution < 1.29 is 23.8 Å². The molecule has 7 nitrogen and oxygen atoms in total. The Balaban J connectivity index is 1.38. The fourth-order valence-electron chi connectivity index (χ4n) is 4.22. The quantitative estimate of drug-likeness (QED) is 0.422. The zero-order chi connectivity index (χ0) is 26.4. The predicted molar refractivity (Wildman–Crippen MR) is 144 cm³/mol. The Kier molecular flexibility index (Phi) is 8.01. The van der Waals surface area contributed by atoms with E-state index in [-0.39, 0.29) is 18.1 Å². The third-order valence-electron chi connectivity index (χ3n) is 6.06. The molecule has 7 heteroatoms. The number of carbonyl (C=O) groups excluding carboxylic acids is 2. The van der Waals surface area contributed by atoms with E-state index in [2.05, 4.69) is 5.32 Å². The third kappa shape index (κ3) is 7.03. The summed E-state index contributed by atoms with van der Waals surface area (Å²) in [4.78, 5) is 27.2. The minimum atomic E-state index is -0.509. The number of piperidine rings is 1. The second kappa shape index (κ2) is 11.4. The summed E-state index contributed by atoms with van der Waals surface area (Å²) in [7, 11) is 1.63. The first kappa shape index (κ1) is 26.1. The van der Waals surface area contributed by atoms with Crippen LogP contribution in [0.2, 0.25) is 0 Å². The van der Waals surface area contributed by atoms with E-state index in [4.69, 9.17) is 14.2 Å². The van der Waals surface area contributed by atoms with Crippen molar-refractivity contribution in [1.29, 1.82) is 0 Å². The van der Waals surface area contributed by atoms with Crippen LogP contribution < -0.4 is 14.8 Å². The van der Waals surface area contributed by atoms with Crippen LogP contribution in [0.5, 0.6) is 11.5 Å². The number of ether oxygens (including phenoxy) is 3. The lowest BCUT2D eigenvalue weighted by atomic mass is 9.99. The molecule has 0 atom stereocenters. The Labute approximate surface area is 218 Å². The summed E-state index contributed by atoms with van der Waals surface area (Å²) in [5.74, 6) is 1.24. The molecule has 0 aromatic heterocycles. The molecular weight excluding hydrogens is 468 g/mol. The van der Waals surface area contributed by atoms with E-state index < -0.39 is 5.60 Å². The summed E-state index contributed by atoms with van der Waals surface area (Å²) in [6, 6.07) is 22.5. The average Bonchev–Trinajstić information content (AvgIpc) is 2.88. The van der Waals surface area contributed by atoms with Gasteiger partial charge in [0.25, 0.3) is 5.91 Å². The highest BCUT2D eigenvalue weighted by atomic mass is 16.6. The second-order valence-electron chi connectivity index (χ2n) is 10.0. The average molecular weight is 503 g/mol. The molecule has 1 saturated heterocycles. The number of hydrogen-bond donors (Lipinski definition) is 1. The first-order chi connectivity index (χ1) is 17.7. The number of likely N-dealkylation sites (tertiary alicyclic amines) is 1. The van der Waals surface area contributed by atoms with E-state index >= 15 is 0 Å². The Bertz CT molecular complexity index is 1230. The molecule has 0 spiro atoms. The summed E-state index contributed by atoms with van der Waals surface area (Å²) >= 11 is 0. The normalized spacial score (nSPS) is 14.1. The van der Waals surface area contributed by atoms with E-state index in [1.165, 1.54) is 0 Å². The van der Waals surface area contributed by atoms with Gasteiger partial charge in [-0.25, -0.2) is 4.79 Å². The number of nitrogens with zero attached hydrogens (tertiary/aromatic N) is 1. The summed E-state index contributed by atoms with van der Waals surface area (Å²) < 4.78 is 16.9. The van der Waals surface area contributed by atoms with Gasteiger partial charge in [0.1, 0.15) is 23.2 Å². The maximum atomic E-state index is 13.2. The van der Waals surface area contributed by atoms with Gasteiger partial charge in [-0.3, -0.25) is 4.79 Å². The highest BCUT2D eigenvalue weighted by Gasteiger charge is 2.27. The van der Waals surface area contributed by atoms with Crippen LogP contribution >= 0.6 is 0 Å². The molecule has 1 heterocycles. The molecule has 3 aromatic rings. The number of benzene rings is 3. The monoisotopic (exact) mass is 502 g/mol. The number of anilines is 1. The molecule has 1 fully saturated rings. The van der Waals surface area contributed by atoms with Crippen molar-refractivity contribution in [2.75, 3.05) is 25.5 Å². The van der Waals surface area contributed by atoms with E-state index in [0.29, 0.717) is 42.9 Å². The highest BCUT2D eigenvalue weighted by molar-refractivity contribution is 6.08. The minimum absolute atomic E-state index is 0.0135. The lowest BCUT2D eigenvalue weighted by molar-refractivity contribution is 0.0126.